The van der Waals surface area contributed by atoms with Crippen LogP contribution in [0.2, 0.25) is 5.02 Å². The Balaban J connectivity index is 1.51. The fourth-order valence-electron chi connectivity index (χ4n) is 2.75. The second kappa shape index (κ2) is 8.48. The molecule has 0 aliphatic carbocycles. The number of anilines is 1. The predicted octanol–water partition coefficient (Wildman–Crippen LogP) is 4.68. The van der Waals surface area contributed by atoms with Crippen LogP contribution >= 0.6 is 23.8 Å². The van der Waals surface area contributed by atoms with E-state index in [9.17, 15) is 4.79 Å². The second-order valence-corrected chi connectivity index (χ2v) is 6.99. The molecule has 0 aliphatic heterocycles. The molecule has 2 heterocycles. The van der Waals surface area contributed by atoms with Gasteiger partial charge in [0.25, 0.3) is 5.91 Å². The highest BCUT2D eigenvalue weighted by Crippen LogP contribution is 2.31. The third kappa shape index (κ3) is 4.24. The number of benzene rings is 2. The number of rotatable bonds is 4. The van der Waals surface area contributed by atoms with Crippen LogP contribution in [-0.4, -0.2) is 28.1 Å². The van der Waals surface area contributed by atoms with E-state index in [1.54, 1.807) is 60.8 Å². The molecular formula is C21H15ClN4O3S. The van der Waals surface area contributed by atoms with Crippen molar-refractivity contribution in [1.82, 2.24) is 15.3 Å². The van der Waals surface area contributed by atoms with Gasteiger partial charge in [0.1, 0.15) is 5.75 Å². The zero-order valence-corrected chi connectivity index (χ0v) is 17.3. The maximum Gasteiger partial charge on any atom is 0.257 e. The van der Waals surface area contributed by atoms with E-state index >= 15 is 0 Å². The minimum atomic E-state index is -0.356. The summed E-state index contributed by atoms with van der Waals surface area (Å²) in [5.41, 5.74) is 2.66. The predicted molar refractivity (Wildman–Crippen MR) is 119 cm³/mol. The van der Waals surface area contributed by atoms with E-state index in [1.807, 2.05) is 0 Å². The number of hydrogen-bond acceptors (Lipinski definition) is 6. The number of pyridine rings is 1. The van der Waals surface area contributed by atoms with E-state index in [2.05, 4.69) is 20.6 Å². The Morgan fingerprint density at radius 3 is 2.83 bits per heavy atom. The van der Waals surface area contributed by atoms with Crippen LogP contribution in [0.5, 0.6) is 5.75 Å². The topological polar surface area (TPSA) is 89.3 Å². The Morgan fingerprint density at radius 2 is 2.03 bits per heavy atom. The first-order valence-electron chi connectivity index (χ1n) is 8.81. The van der Waals surface area contributed by atoms with Gasteiger partial charge in [-0.3, -0.25) is 10.1 Å². The van der Waals surface area contributed by atoms with Crippen LogP contribution in [0, 0.1) is 0 Å². The normalized spacial score (nSPS) is 10.6. The first-order chi connectivity index (χ1) is 14.5. The summed E-state index contributed by atoms with van der Waals surface area (Å²) in [7, 11) is 1.54. The van der Waals surface area contributed by atoms with Gasteiger partial charge in [-0.15, -0.1) is 0 Å². The number of nitrogens with zero attached hydrogens (tertiary/aromatic N) is 2. The van der Waals surface area contributed by atoms with E-state index in [4.69, 9.17) is 33.0 Å². The van der Waals surface area contributed by atoms with Crippen LogP contribution in [0.1, 0.15) is 10.4 Å². The van der Waals surface area contributed by atoms with E-state index in [1.165, 1.54) is 7.11 Å². The van der Waals surface area contributed by atoms with Crippen molar-refractivity contribution in [2.75, 3.05) is 12.4 Å². The van der Waals surface area contributed by atoms with E-state index in [0.29, 0.717) is 44.7 Å². The van der Waals surface area contributed by atoms with Crippen molar-refractivity contribution in [3.05, 3.63) is 71.4 Å². The molecule has 9 heteroatoms. The van der Waals surface area contributed by atoms with Crippen LogP contribution in [-0.2, 0) is 0 Å². The molecule has 0 spiro atoms. The third-order valence-electron chi connectivity index (χ3n) is 4.18. The Kier molecular flexibility index (Phi) is 5.60. The highest BCUT2D eigenvalue weighted by Gasteiger charge is 2.14. The summed E-state index contributed by atoms with van der Waals surface area (Å²) in [6, 6.07) is 15.5. The first kappa shape index (κ1) is 19.8. The Bertz CT molecular complexity index is 1220. The lowest BCUT2D eigenvalue weighted by atomic mass is 10.2. The average Bonchev–Trinajstić information content (AvgIpc) is 3.19. The molecule has 30 heavy (non-hydrogen) atoms. The lowest BCUT2D eigenvalue weighted by Crippen LogP contribution is -2.34. The van der Waals surface area contributed by atoms with Gasteiger partial charge in [0, 0.05) is 17.4 Å². The van der Waals surface area contributed by atoms with Crippen molar-refractivity contribution in [2.24, 2.45) is 0 Å². The molecule has 0 saturated heterocycles. The Labute approximate surface area is 182 Å². The fourth-order valence-corrected chi connectivity index (χ4v) is 3.16. The fraction of sp³-hybridized carbons (Fsp3) is 0.0476. The van der Waals surface area contributed by atoms with Crippen molar-refractivity contribution in [2.45, 2.75) is 0 Å². The maximum absolute atomic E-state index is 12.4. The number of oxazole rings is 1. The molecule has 0 saturated carbocycles. The maximum atomic E-state index is 12.4. The van der Waals surface area contributed by atoms with Gasteiger partial charge in [-0.05, 0) is 60.7 Å². The number of amides is 1. The zero-order valence-electron chi connectivity index (χ0n) is 15.7. The molecule has 7 nitrogen and oxygen atoms in total. The van der Waals surface area contributed by atoms with Gasteiger partial charge in [0.15, 0.2) is 16.3 Å². The number of halogens is 1. The summed E-state index contributed by atoms with van der Waals surface area (Å²) < 4.78 is 10.9. The summed E-state index contributed by atoms with van der Waals surface area (Å²) >= 11 is 11.6. The number of methoxy groups -OCH3 is 1. The minimum Gasteiger partial charge on any atom is -0.497 e. The van der Waals surface area contributed by atoms with Crippen molar-refractivity contribution >= 4 is 51.8 Å². The number of thiocarbonyl (C=S) groups is 1. The van der Waals surface area contributed by atoms with Gasteiger partial charge >= 0.3 is 0 Å². The number of ether oxygens (including phenoxy) is 1. The lowest BCUT2D eigenvalue weighted by Gasteiger charge is -2.11. The van der Waals surface area contributed by atoms with E-state index in [-0.39, 0.29) is 11.0 Å². The molecule has 0 atom stereocenters. The molecule has 0 fully saturated rings. The van der Waals surface area contributed by atoms with Gasteiger partial charge in [0.2, 0.25) is 5.89 Å². The smallest absolute Gasteiger partial charge is 0.257 e. The highest BCUT2D eigenvalue weighted by molar-refractivity contribution is 7.80. The van der Waals surface area contributed by atoms with Gasteiger partial charge < -0.3 is 14.5 Å². The molecule has 4 rings (SSSR count). The van der Waals surface area contributed by atoms with Crippen molar-refractivity contribution in [1.29, 1.82) is 0 Å². The lowest BCUT2D eigenvalue weighted by molar-refractivity contribution is 0.0977. The SMILES string of the molecule is COc1cccc(C(=O)NC(=S)Nc2ccc(Cl)c(-c3nc4ncccc4o3)c2)c1. The summed E-state index contributed by atoms with van der Waals surface area (Å²) in [6.45, 7) is 0. The molecule has 0 unspecified atom stereocenters. The molecule has 0 aliphatic rings. The molecule has 4 aromatic rings. The second-order valence-electron chi connectivity index (χ2n) is 6.18. The Hall–Kier alpha value is -3.49. The summed E-state index contributed by atoms with van der Waals surface area (Å²) in [6.07, 6.45) is 1.64. The molecular weight excluding hydrogens is 424 g/mol. The molecule has 150 valence electrons. The van der Waals surface area contributed by atoms with Crippen LogP contribution in [0.25, 0.3) is 22.7 Å². The summed E-state index contributed by atoms with van der Waals surface area (Å²) in [4.78, 5) is 20.9. The van der Waals surface area contributed by atoms with Crippen molar-refractivity contribution in [3.63, 3.8) is 0 Å². The van der Waals surface area contributed by atoms with Gasteiger partial charge in [0.05, 0.1) is 17.7 Å². The van der Waals surface area contributed by atoms with Crippen molar-refractivity contribution < 1.29 is 13.9 Å². The van der Waals surface area contributed by atoms with Gasteiger partial charge in [-0.1, -0.05) is 17.7 Å². The van der Waals surface area contributed by atoms with Crippen LogP contribution in [0.15, 0.2) is 65.2 Å². The first-order valence-corrected chi connectivity index (χ1v) is 9.60. The van der Waals surface area contributed by atoms with E-state index in [0.717, 1.165) is 0 Å². The highest BCUT2D eigenvalue weighted by atomic mass is 35.5. The number of aromatic nitrogens is 2. The average molecular weight is 439 g/mol. The van der Waals surface area contributed by atoms with Crippen LogP contribution < -0.4 is 15.4 Å². The quantitative estimate of drug-likeness (QED) is 0.447. The minimum absolute atomic E-state index is 0.135. The van der Waals surface area contributed by atoms with Crippen LogP contribution in [0.4, 0.5) is 5.69 Å². The molecule has 0 radical (unpaired) electrons. The molecule has 2 aromatic heterocycles. The van der Waals surface area contributed by atoms with Gasteiger partial charge in [-0.25, -0.2) is 4.98 Å². The standard InChI is InChI=1S/C21H15ClN4O3S/c1-28-14-5-2-4-12(10-14)19(27)26-21(30)24-13-7-8-16(22)15(11-13)20-25-18-17(29-20)6-3-9-23-18/h2-11H,1H3,(H2,24,26,27,30). The molecule has 2 N–H and O–H groups in total. The summed E-state index contributed by atoms with van der Waals surface area (Å²) in [5.74, 6) is 0.561. The van der Waals surface area contributed by atoms with Crippen molar-refractivity contribution in [3.8, 4) is 17.2 Å². The number of fused-ring (bicyclic) bond motifs is 1. The molecule has 0 bridgehead atoms. The van der Waals surface area contributed by atoms with Gasteiger partial charge in [-0.2, -0.15) is 4.98 Å². The molecule has 2 aromatic carbocycles. The van der Waals surface area contributed by atoms with E-state index < -0.39 is 0 Å². The monoisotopic (exact) mass is 438 g/mol. The third-order valence-corrected chi connectivity index (χ3v) is 4.71. The number of carbonyl (C=O) groups excluding carboxylic acids is 1. The molecule has 1 amide bonds. The largest absolute Gasteiger partial charge is 0.497 e. The van der Waals surface area contributed by atoms with Crippen LogP contribution in [0.3, 0.4) is 0 Å². The number of nitrogens with one attached hydrogen (secondary N) is 2. The number of hydrogen-bond donors (Lipinski definition) is 2. The zero-order chi connectivity index (χ0) is 21.1. The number of carbonyl (C=O) groups is 1. The summed E-state index contributed by atoms with van der Waals surface area (Å²) in [5, 5.41) is 6.19. The Morgan fingerprint density at radius 1 is 1.17 bits per heavy atom.